The van der Waals surface area contributed by atoms with Crippen molar-refractivity contribution >= 4 is 22.6 Å². The van der Waals surface area contributed by atoms with Crippen LogP contribution in [0, 0.1) is 0 Å². The Bertz CT molecular complexity index is 1410. The van der Waals surface area contributed by atoms with Crippen molar-refractivity contribution in [1.29, 1.82) is 0 Å². The van der Waals surface area contributed by atoms with Gasteiger partial charge in [-0.05, 0) is 35.9 Å². The summed E-state index contributed by atoms with van der Waals surface area (Å²) in [5.41, 5.74) is -1.02. The van der Waals surface area contributed by atoms with Crippen LogP contribution < -0.4 is 19.6 Å². The zero-order chi connectivity index (χ0) is 24.5. The van der Waals surface area contributed by atoms with Gasteiger partial charge in [0.1, 0.15) is 17.9 Å². The second-order valence-corrected chi connectivity index (χ2v) is 7.65. The van der Waals surface area contributed by atoms with Gasteiger partial charge in [0, 0.05) is 16.7 Å². The topological polar surface area (TPSA) is 57.9 Å². The Morgan fingerprint density at radius 2 is 1.68 bits per heavy atom. The molecule has 176 valence electrons. The second-order valence-electron chi connectivity index (χ2n) is 7.24. The van der Waals surface area contributed by atoms with Gasteiger partial charge in [0.05, 0.1) is 25.2 Å². The number of alkyl halides is 3. The normalized spacial score (nSPS) is 11.5. The highest BCUT2D eigenvalue weighted by atomic mass is 35.5. The lowest BCUT2D eigenvalue weighted by Crippen LogP contribution is -2.16. The van der Waals surface area contributed by atoms with Crippen molar-refractivity contribution in [2.45, 2.75) is 12.8 Å². The van der Waals surface area contributed by atoms with E-state index in [1.54, 1.807) is 24.3 Å². The van der Waals surface area contributed by atoms with Gasteiger partial charge in [-0.3, -0.25) is 4.79 Å². The number of hydrogen-bond donors (Lipinski definition) is 0. The molecule has 0 aliphatic carbocycles. The molecule has 0 saturated carbocycles. The monoisotopic (exact) mass is 490 g/mol. The third-order valence-corrected chi connectivity index (χ3v) is 5.51. The Hall–Kier alpha value is -3.65. The molecule has 3 aromatic carbocycles. The molecule has 0 unspecified atom stereocenters. The molecular formula is C25H18ClF3O5. The summed E-state index contributed by atoms with van der Waals surface area (Å²) < 4.78 is 63.0. The maximum atomic E-state index is 13.9. The molecule has 5 nitrogen and oxygen atoms in total. The molecule has 0 aliphatic heterocycles. The summed E-state index contributed by atoms with van der Waals surface area (Å²) in [4.78, 5) is 13.2. The van der Waals surface area contributed by atoms with Gasteiger partial charge in [0.15, 0.2) is 11.5 Å². The van der Waals surface area contributed by atoms with E-state index in [1.165, 1.54) is 50.6 Å². The first-order valence-electron chi connectivity index (χ1n) is 9.99. The van der Waals surface area contributed by atoms with Crippen molar-refractivity contribution in [3.63, 3.8) is 0 Å². The summed E-state index contributed by atoms with van der Waals surface area (Å²) in [6.45, 7) is 0.0886. The standard InChI is InChI=1S/C25H18ClF3O5/c1-31-19-10-7-14(11-21(19)32-2)22-23(30)17-9-8-16(12-20(17)34-24(22)25(27,28)29)33-13-15-5-3-4-6-18(15)26/h3-12H,13H2,1-2H3. The number of methoxy groups -OCH3 is 2. The minimum absolute atomic E-state index is 0.0142. The average molecular weight is 491 g/mol. The van der Waals surface area contributed by atoms with Gasteiger partial charge < -0.3 is 18.6 Å². The van der Waals surface area contributed by atoms with Gasteiger partial charge >= 0.3 is 6.18 Å². The Kier molecular flexibility index (Phi) is 6.43. The predicted molar refractivity (Wildman–Crippen MR) is 122 cm³/mol. The zero-order valence-electron chi connectivity index (χ0n) is 18.0. The number of hydrogen-bond acceptors (Lipinski definition) is 5. The molecule has 4 aromatic rings. The fourth-order valence-electron chi connectivity index (χ4n) is 3.49. The van der Waals surface area contributed by atoms with E-state index in [0.717, 1.165) is 0 Å². The number of rotatable bonds is 6. The van der Waals surface area contributed by atoms with Crippen molar-refractivity contribution in [2.75, 3.05) is 14.2 Å². The summed E-state index contributed by atoms with van der Waals surface area (Å²) in [5, 5.41) is 0.469. The highest BCUT2D eigenvalue weighted by Gasteiger charge is 2.39. The molecule has 0 bridgehead atoms. The molecule has 1 heterocycles. The molecular weight excluding hydrogens is 473 g/mol. The van der Waals surface area contributed by atoms with Crippen molar-refractivity contribution in [2.24, 2.45) is 0 Å². The highest BCUT2D eigenvalue weighted by molar-refractivity contribution is 6.31. The van der Waals surface area contributed by atoms with Gasteiger partial charge in [0.2, 0.25) is 11.2 Å². The molecule has 0 radical (unpaired) electrons. The SMILES string of the molecule is COc1ccc(-c2c(C(F)(F)F)oc3cc(OCc4ccccc4Cl)ccc3c2=O)cc1OC. The Labute approximate surface area is 197 Å². The number of ether oxygens (including phenoxy) is 3. The second kappa shape index (κ2) is 9.30. The van der Waals surface area contributed by atoms with Crippen LogP contribution in [0.1, 0.15) is 11.3 Å². The lowest BCUT2D eigenvalue weighted by atomic mass is 10.0. The maximum absolute atomic E-state index is 13.9. The van der Waals surface area contributed by atoms with Crippen LogP contribution in [0.25, 0.3) is 22.1 Å². The van der Waals surface area contributed by atoms with Crippen LogP contribution in [-0.2, 0) is 12.8 Å². The third kappa shape index (κ3) is 4.54. The van der Waals surface area contributed by atoms with Gasteiger partial charge in [-0.25, -0.2) is 0 Å². The summed E-state index contributed by atoms with van der Waals surface area (Å²) in [5.74, 6) is -0.704. The molecule has 0 fully saturated rings. The van der Waals surface area contributed by atoms with Crippen LogP contribution in [-0.4, -0.2) is 14.2 Å². The van der Waals surface area contributed by atoms with E-state index in [1.807, 2.05) is 0 Å². The highest BCUT2D eigenvalue weighted by Crippen LogP contribution is 2.40. The molecule has 34 heavy (non-hydrogen) atoms. The Morgan fingerprint density at radius 3 is 2.35 bits per heavy atom. The summed E-state index contributed by atoms with van der Waals surface area (Å²) >= 11 is 6.11. The van der Waals surface area contributed by atoms with Crippen LogP contribution in [0.15, 0.2) is 69.9 Å². The molecule has 0 N–H and O–H groups in total. The Morgan fingerprint density at radius 1 is 0.941 bits per heavy atom. The van der Waals surface area contributed by atoms with E-state index >= 15 is 0 Å². The van der Waals surface area contributed by atoms with Crippen LogP contribution in [0.3, 0.4) is 0 Å². The molecule has 1 aromatic heterocycles. The van der Waals surface area contributed by atoms with Crippen molar-refractivity contribution in [3.05, 3.63) is 87.2 Å². The number of fused-ring (bicyclic) bond motifs is 1. The molecule has 4 rings (SSSR count). The minimum Gasteiger partial charge on any atom is -0.493 e. The van der Waals surface area contributed by atoms with E-state index < -0.39 is 22.9 Å². The molecule has 0 aliphatic rings. The smallest absolute Gasteiger partial charge is 0.450 e. The van der Waals surface area contributed by atoms with Crippen LogP contribution >= 0.6 is 11.6 Å². The minimum atomic E-state index is -4.93. The van der Waals surface area contributed by atoms with E-state index in [-0.39, 0.29) is 34.6 Å². The molecule has 0 amide bonds. The summed E-state index contributed by atoms with van der Waals surface area (Å²) in [7, 11) is 2.74. The fraction of sp³-hybridized carbons (Fsp3) is 0.160. The first kappa shape index (κ1) is 23.5. The van der Waals surface area contributed by atoms with Crippen molar-refractivity contribution in [1.82, 2.24) is 0 Å². The lowest BCUT2D eigenvalue weighted by Gasteiger charge is -2.15. The van der Waals surface area contributed by atoms with Crippen molar-refractivity contribution < 1.29 is 31.8 Å². The van der Waals surface area contributed by atoms with Gasteiger partial charge in [-0.15, -0.1) is 0 Å². The van der Waals surface area contributed by atoms with Gasteiger partial charge in [-0.1, -0.05) is 35.9 Å². The third-order valence-electron chi connectivity index (χ3n) is 5.15. The molecule has 0 atom stereocenters. The lowest BCUT2D eigenvalue weighted by molar-refractivity contribution is -0.152. The van der Waals surface area contributed by atoms with Crippen LogP contribution in [0.5, 0.6) is 17.2 Å². The quantitative estimate of drug-likeness (QED) is 0.300. The van der Waals surface area contributed by atoms with Gasteiger partial charge in [0.25, 0.3) is 0 Å². The van der Waals surface area contributed by atoms with E-state index in [4.69, 9.17) is 30.2 Å². The fourth-order valence-corrected chi connectivity index (χ4v) is 3.68. The molecule has 9 heteroatoms. The zero-order valence-corrected chi connectivity index (χ0v) is 18.8. The van der Waals surface area contributed by atoms with Crippen molar-refractivity contribution in [3.8, 4) is 28.4 Å². The molecule has 0 spiro atoms. The predicted octanol–water partition coefficient (Wildman–Crippen LogP) is 6.73. The van der Waals surface area contributed by atoms with Crippen LogP contribution in [0.2, 0.25) is 5.02 Å². The molecule has 0 saturated heterocycles. The first-order chi connectivity index (χ1) is 16.2. The summed E-state index contributed by atoms with van der Waals surface area (Å²) in [6.07, 6.45) is -4.93. The average Bonchev–Trinajstić information content (AvgIpc) is 2.82. The largest absolute Gasteiger partial charge is 0.493 e. The van der Waals surface area contributed by atoms with E-state index in [2.05, 4.69) is 0 Å². The maximum Gasteiger partial charge on any atom is 0.450 e. The number of benzene rings is 3. The number of halogens is 4. The van der Waals surface area contributed by atoms with Gasteiger partial charge in [-0.2, -0.15) is 13.2 Å². The van der Waals surface area contributed by atoms with E-state index in [9.17, 15) is 18.0 Å². The van der Waals surface area contributed by atoms with Crippen LogP contribution in [0.4, 0.5) is 13.2 Å². The first-order valence-corrected chi connectivity index (χ1v) is 10.4. The van der Waals surface area contributed by atoms with E-state index in [0.29, 0.717) is 16.3 Å². The summed E-state index contributed by atoms with van der Waals surface area (Å²) in [6, 6.07) is 15.2. The Balaban J connectivity index is 1.82.